The van der Waals surface area contributed by atoms with E-state index >= 15 is 0 Å². The largest absolute Gasteiger partial charge is 0.481 e. The molecule has 122 valence electrons. The summed E-state index contributed by atoms with van der Waals surface area (Å²) >= 11 is 0. The van der Waals surface area contributed by atoms with E-state index in [1.165, 1.54) is 5.57 Å². The Morgan fingerprint density at radius 2 is 2.18 bits per heavy atom. The van der Waals surface area contributed by atoms with Gasteiger partial charge in [0.15, 0.2) is 0 Å². The first-order valence-electron chi connectivity index (χ1n) is 8.49. The molecule has 1 saturated carbocycles. The molecule has 4 atom stereocenters. The summed E-state index contributed by atoms with van der Waals surface area (Å²) < 4.78 is 0. The van der Waals surface area contributed by atoms with Gasteiger partial charge in [0.05, 0.1) is 5.41 Å². The fraction of sp³-hybridized carbons (Fsp3) is 0.650. The van der Waals surface area contributed by atoms with E-state index in [1.54, 1.807) is 0 Å². The molecule has 0 aromatic rings. The van der Waals surface area contributed by atoms with Gasteiger partial charge in [-0.05, 0) is 63.2 Å². The van der Waals surface area contributed by atoms with Crippen molar-refractivity contribution < 1.29 is 9.90 Å². The van der Waals surface area contributed by atoms with E-state index < -0.39 is 11.4 Å². The van der Waals surface area contributed by atoms with Crippen LogP contribution in [0.1, 0.15) is 59.8 Å². The van der Waals surface area contributed by atoms with Crippen molar-refractivity contribution in [1.82, 2.24) is 0 Å². The minimum Gasteiger partial charge on any atom is -0.481 e. The van der Waals surface area contributed by atoms with Gasteiger partial charge in [0.1, 0.15) is 0 Å². The first-order valence-corrected chi connectivity index (χ1v) is 8.49. The second-order valence-electron chi connectivity index (χ2n) is 7.58. The molecule has 2 rings (SSSR count). The molecule has 0 saturated heterocycles. The molecule has 22 heavy (non-hydrogen) atoms. The van der Waals surface area contributed by atoms with Crippen molar-refractivity contribution in [3.05, 3.63) is 36.0 Å². The minimum atomic E-state index is -0.646. The van der Waals surface area contributed by atoms with Gasteiger partial charge < -0.3 is 5.11 Å². The summed E-state index contributed by atoms with van der Waals surface area (Å²) in [6, 6.07) is 0. The highest BCUT2D eigenvalue weighted by Gasteiger charge is 2.59. The van der Waals surface area contributed by atoms with Crippen LogP contribution in [0.4, 0.5) is 0 Å². The summed E-state index contributed by atoms with van der Waals surface area (Å²) in [6.45, 7) is 12.4. The van der Waals surface area contributed by atoms with Crippen LogP contribution in [-0.4, -0.2) is 11.1 Å². The van der Waals surface area contributed by atoms with Crippen LogP contribution < -0.4 is 0 Å². The van der Waals surface area contributed by atoms with Crippen LogP contribution in [0.3, 0.4) is 0 Å². The highest BCUT2D eigenvalue weighted by Crippen LogP contribution is 2.61. The minimum absolute atomic E-state index is 0.0407. The van der Waals surface area contributed by atoms with Crippen LogP contribution in [0.15, 0.2) is 36.0 Å². The van der Waals surface area contributed by atoms with E-state index in [0.29, 0.717) is 6.42 Å². The average molecular weight is 302 g/mol. The monoisotopic (exact) mass is 302 g/mol. The Morgan fingerprint density at radius 1 is 1.50 bits per heavy atom. The molecule has 0 aliphatic heterocycles. The number of hydrogen-bond donors (Lipinski definition) is 1. The Bertz CT molecular complexity index is 528. The Kier molecular flexibility index (Phi) is 4.70. The summed E-state index contributed by atoms with van der Waals surface area (Å²) in [5, 5.41) is 10.2. The number of aliphatic carboxylic acids is 1. The first-order chi connectivity index (χ1) is 10.3. The topological polar surface area (TPSA) is 37.3 Å². The van der Waals surface area contributed by atoms with Gasteiger partial charge in [-0.2, -0.15) is 0 Å². The molecule has 0 aromatic heterocycles. The summed E-state index contributed by atoms with van der Waals surface area (Å²) in [6.07, 6.45) is 10.9. The number of carboxylic acids is 1. The molecule has 0 radical (unpaired) electrons. The summed E-state index contributed by atoms with van der Waals surface area (Å²) in [5.41, 5.74) is 1.86. The Balaban J connectivity index is 2.51. The van der Waals surface area contributed by atoms with Crippen LogP contribution in [-0.2, 0) is 4.79 Å². The maximum atomic E-state index is 12.4. The quantitative estimate of drug-likeness (QED) is 0.559. The Hall–Kier alpha value is -1.31. The van der Waals surface area contributed by atoms with Crippen molar-refractivity contribution in [1.29, 1.82) is 0 Å². The standard InChI is InChI=1S/C20H30O2/c1-6-14(2)10-13-20(18(21)22)16(4)11-12-19(5)15(3)8-7-9-17(19)20/h6,8,10,16-17H,1,7,9,11-13H2,2-5H3,(H,21,22)/b14-10-/t16-,17+,19+,20-/m0/s1. The van der Waals surface area contributed by atoms with Gasteiger partial charge in [0, 0.05) is 0 Å². The molecule has 0 aromatic carbocycles. The van der Waals surface area contributed by atoms with Gasteiger partial charge in [-0.3, -0.25) is 4.79 Å². The molecule has 2 aliphatic rings. The van der Waals surface area contributed by atoms with E-state index in [2.05, 4.69) is 39.5 Å². The van der Waals surface area contributed by atoms with Crippen molar-refractivity contribution in [2.45, 2.75) is 59.8 Å². The zero-order valence-corrected chi connectivity index (χ0v) is 14.5. The fourth-order valence-corrected chi connectivity index (χ4v) is 4.81. The molecule has 0 heterocycles. The van der Waals surface area contributed by atoms with Crippen LogP contribution in [0.25, 0.3) is 0 Å². The lowest BCUT2D eigenvalue weighted by Gasteiger charge is -2.56. The van der Waals surface area contributed by atoms with Gasteiger partial charge in [-0.15, -0.1) is 0 Å². The molecule has 0 amide bonds. The predicted octanol–water partition coefficient (Wildman–Crippen LogP) is 5.37. The zero-order valence-electron chi connectivity index (χ0n) is 14.5. The first kappa shape index (κ1) is 17.1. The van der Waals surface area contributed by atoms with E-state index in [0.717, 1.165) is 31.3 Å². The number of fused-ring (bicyclic) bond motifs is 1. The van der Waals surface area contributed by atoms with Gasteiger partial charge >= 0.3 is 5.97 Å². The van der Waals surface area contributed by atoms with Crippen LogP contribution in [0, 0.1) is 22.7 Å². The summed E-state index contributed by atoms with van der Waals surface area (Å²) in [5.74, 6) is -0.179. The van der Waals surface area contributed by atoms with E-state index in [4.69, 9.17) is 0 Å². The zero-order chi connectivity index (χ0) is 16.5. The van der Waals surface area contributed by atoms with Crippen LogP contribution >= 0.6 is 0 Å². The molecule has 0 bridgehead atoms. The number of hydrogen-bond acceptors (Lipinski definition) is 1. The third kappa shape index (κ3) is 2.47. The molecule has 2 aliphatic carbocycles. The van der Waals surface area contributed by atoms with E-state index in [9.17, 15) is 9.90 Å². The molecule has 2 nitrogen and oxygen atoms in total. The number of allylic oxidation sites excluding steroid dienone is 5. The summed E-state index contributed by atoms with van der Waals surface area (Å²) in [7, 11) is 0. The van der Waals surface area contributed by atoms with Crippen LogP contribution in [0.5, 0.6) is 0 Å². The van der Waals surface area contributed by atoms with Gasteiger partial charge in [-0.25, -0.2) is 0 Å². The molecule has 1 N–H and O–H groups in total. The Morgan fingerprint density at radius 3 is 2.77 bits per heavy atom. The second-order valence-corrected chi connectivity index (χ2v) is 7.58. The maximum absolute atomic E-state index is 12.4. The number of rotatable bonds is 4. The van der Waals surface area contributed by atoms with Crippen molar-refractivity contribution in [3.63, 3.8) is 0 Å². The van der Waals surface area contributed by atoms with E-state index in [-0.39, 0.29) is 17.3 Å². The lowest BCUT2D eigenvalue weighted by atomic mass is 9.46. The number of carbonyl (C=O) groups is 1. The van der Waals surface area contributed by atoms with Crippen molar-refractivity contribution in [2.75, 3.05) is 0 Å². The Labute approximate surface area is 135 Å². The van der Waals surface area contributed by atoms with Crippen LogP contribution in [0.2, 0.25) is 0 Å². The van der Waals surface area contributed by atoms with E-state index in [1.807, 2.05) is 13.0 Å². The van der Waals surface area contributed by atoms with Crippen molar-refractivity contribution >= 4 is 5.97 Å². The lowest BCUT2D eigenvalue weighted by Crippen LogP contribution is -2.55. The smallest absolute Gasteiger partial charge is 0.310 e. The predicted molar refractivity (Wildman–Crippen MR) is 91.6 cm³/mol. The SMILES string of the molecule is C=C/C(C)=C\C[C@]1(C(=O)O)[C@@H](C)CC[C@]2(C)C(C)=CCC[C@@H]12. The molecule has 1 fully saturated rings. The molecular formula is C20H30O2. The lowest BCUT2D eigenvalue weighted by molar-refractivity contribution is -0.167. The van der Waals surface area contributed by atoms with Crippen molar-refractivity contribution in [2.24, 2.45) is 22.7 Å². The highest BCUT2D eigenvalue weighted by atomic mass is 16.4. The third-order valence-corrected chi connectivity index (χ3v) is 6.66. The van der Waals surface area contributed by atoms with Gasteiger partial charge in [-0.1, -0.05) is 49.8 Å². The summed E-state index contributed by atoms with van der Waals surface area (Å²) in [4.78, 5) is 12.4. The molecule has 0 unspecified atom stereocenters. The highest BCUT2D eigenvalue weighted by molar-refractivity contribution is 5.76. The average Bonchev–Trinajstić information content (AvgIpc) is 2.48. The van der Waals surface area contributed by atoms with Gasteiger partial charge in [0.25, 0.3) is 0 Å². The second kappa shape index (κ2) is 6.06. The maximum Gasteiger partial charge on any atom is 0.310 e. The normalized spacial score (nSPS) is 38.9. The molecule has 0 spiro atoms. The molecule has 2 heteroatoms. The molecular weight excluding hydrogens is 272 g/mol. The number of carboxylic acid groups (broad SMARTS) is 1. The third-order valence-electron chi connectivity index (χ3n) is 6.66. The van der Waals surface area contributed by atoms with Gasteiger partial charge in [0.2, 0.25) is 0 Å². The fourth-order valence-electron chi connectivity index (χ4n) is 4.81. The van der Waals surface area contributed by atoms with Crippen molar-refractivity contribution in [3.8, 4) is 0 Å².